The number of benzene rings is 2. The summed E-state index contributed by atoms with van der Waals surface area (Å²) >= 11 is 0. The number of nitrogens with zero attached hydrogens (tertiary/aromatic N) is 1. The van der Waals surface area contributed by atoms with Crippen LogP contribution in [0.3, 0.4) is 0 Å². The summed E-state index contributed by atoms with van der Waals surface area (Å²) < 4.78 is 31.7. The van der Waals surface area contributed by atoms with Gasteiger partial charge < -0.3 is 10.5 Å². The van der Waals surface area contributed by atoms with Crippen molar-refractivity contribution in [1.29, 1.82) is 0 Å². The van der Waals surface area contributed by atoms with E-state index in [0.29, 0.717) is 11.2 Å². The molecule has 0 spiro atoms. The Labute approximate surface area is 117 Å². The van der Waals surface area contributed by atoms with Crippen molar-refractivity contribution >= 4 is 16.6 Å². The quantitative estimate of drug-likeness (QED) is 0.710. The first-order valence-corrected chi connectivity index (χ1v) is 5.95. The van der Waals surface area contributed by atoms with Crippen LogP contribution in [0.15, 0.2) is 41.2 Å². The fraction of sp³-hybridized carbons (Fsp3) is 0. The lowest BCUT2D eigenvalue weighted by Crippen LogP contribution is -2.10. The first-order chi connectivity index (χ1) is 10.0. The first-order valence-electron chi connectivity index (χ1n) is 5.95. The van der Waals surface area contributed by atoms with Gasteiger partial charge >= 0.3 is 6.01 Å². The molecule has 106 valence electrons. The number of nitrogens with one attached hydrogen (secondary N) is 1. The average Bonchev–Trinajstić information content (AvgIpc) is 2.44. The smallest absolute Gasteiger partial charge is 0.302 e. The molecule has 0 atom stereocenters. The molecular weight excluding hydrogens is 280 g/mol. The minimum atomic E-state index is -0.767. The van der Waals surface area contributed by atoms with Crippen LogP contribution >= 0.6 is 0 Å². The molecule has 0 unspecified atom stereocenters. The number of nitrogen functional groups attached to an aromatic ring is 1. The van der Waals surface area contributed by atoms with E-state index in [1.54, 1.807) is 6.07 Å². The predicted octanol–water partition coefficient (Wildman–Crippen LogP) is 2.58. The Bertz CT molecular complexity index is 893. The number of rotatable bonds is 2. The maximum atomic E-state index is 13.5. The molecule has 2 aromatic carbocycles. The van der Waals surface area contributed by atoms with Crippen LogP contribution in [0.5, 0.6) is 11.8 Å². The molecule has 0 aliphatic heterocycles. The van der Waals surface area contributed by atoms with Crippen molar-refractivity contribution in [2.24, 2.45) is 0 Å². The minimum absolute atomic E-state index is 0.234. The number of aromatic amines is 1. The fourth-order valence-corrected chi connectivity index (χ4v) is 1.84. The molecule has 3 rings (SSSR count). The number of hydrogen-bond donors (Lipinski definition) is 2. The number of halogens is 2. The van der Waals surface area contributed by atoms with Gasteiger partial charge in [0.2, 0.25) is 0 Å². The van der Waals surface area contributed by atoms with E-state index >= 15 is 0 Å². The Hall–Kier alpha value is -2.96. The molecule has 0 aliphatic carbocycles. The number of hydrogen-bond acceptors (Lipinski definition) is 4. The van der Waals surface area contributed by atoms with Crippen LogP contribution in [-0.4, -0.2) is 9.97 Å². The van der Waals surface area contributed by atoms with E-state index < -0.39 is 17.2 Å². The highest BCUT2D eigenvalue weighted by molar-refractivity contribution is 5.81. The van der Waals surface area contributed by atoms with Crippen LogP contribution in [0, 0.1) is 11.6 Å². The zero-order valence-electron chi connectivity index (χ0n) is 10.6. The van der Waals surface area contributed by atoms with Gasteiger partial charge in [-0.1, -0.05) is 0 Å². The molecule has 5 nitrogen and oxygen atoms in total. The summed E-state index contributed by atoms with van der Waals surface area (Å²) in [5.41, 5.74) is 5.85. The zero-order chi connectivity index (χ0) is 15.0. The van der Waals surface area contributed by atoms with E-state index in [4.69, 9.17) is 10.5 Å². The summed E-state index contributed by atoms with van der Waals surface area (Å²) in [6.45, 7) is 0. The Morgan fingerprint density at radius 3 is 2.76 bits per heavy atom. The van der Waals surface area contributed by atoms with Crippen molar-refractivity contribution in [3.63, 3.8) is 0 Å². The van der Waals surface area contributed by atoms with Gasteiger partial charge in [-0.25, -0.2) is 8.78 Å². The van der Waals surface area contributed by atoms with E-state index in [1.165, 1.54) is 12.1 Å². The number of ether oxygens (including phenoxy) is 1. The molecule has 0 bridgehead atoms. The molecule has 7 heteroatoms. The molecule has 3 aromatic rings. The van der Waals surface area contributed by atoms with Gasteiger partial charge in [0, 0.05) is 11.8 Å². The van der Waals surface area contributed by atoms with Crippen molar-refractivity contribution < 1.29 is 13.5 Å². The average molecular weight is 289 g/mol. The maximum Gasteiger partial charge on any atom is 0.302 e. The van der Waals surface area contributed by atoms with Gasteiger partial charge in [-0.3, -0.25) is 9.78 Å². The highest BCUT2D eigenvalue weighted by Crippen LogP contribution is 2.23. The third-order valence-corrected chi connectivity index (χ3v) is 2.81. The topological polar surface area (TPSA) is 81.0 Å². The van der Waals surface area contributed by atoms with Crippen LogP contribution in [-0.2, 0) is 0 Å². The standard InChI is InChI=1S/C14H9F2N3O2/c15-7-1-3-10(16)12(5-7)21-14-18-11-4-2-8(17)6-9(11)13(20)19-14/h1-6H,17H2,(H,18,19,20). The predicted molar refractivity (Wildman–Crippen MR) is 73.2 cm³/mol. The second kappa shape index (κ2) is 4.86. The number of aromatic nitrogens is 2. The van der Waals surface area contributed by atoms with Gasteiger partial charge in [-0.15, -0.1) is 0 Å². The molecule has 0 radical (unpaired) electrons. The van der Waals surface area contributed by atoms with Crippen LogP contribution in [0.25, 0.3) is 10.9 Å². The molecule has 3 N–H and O–H groups in total. The monoisotopic (exact) mass is 289 g/mol. The van der Waals surface area contributed by atoms with Crippen molar-refractivity contribution in [2.75, 3.05) is 5.73 Å². The molecule has 21 heavy (non-hydrogen) atoms. The minimum Gasteiger partial charge on any atom is -0.422 e. The molecule has 1 heterocycles. The van der Waals surface area contributed by atoms with Gasteiger partial charge in [-0.2, -0.15) is 4.98 Å². The van der Waals surface area contributed by atoms with Crippen LogP contribution < -0.4 is 16.0 Å². The highest BCUT2D eigenvalue weighted by Gasteiger charge is 2.10. The lowest BCUT2D eigenvalue weighted by molar-refractivity contribution is 0.407. The van der Waals surface area contributed by atoms with Crippen LogP contribution in [0.4, 0.5) is 14.5 Å². The van der Waals surface area contributed by atoms with E-state index in [1.807, 2.05) is 0 Å². The van der Waals surface area contributed by atoms with Gasteiger partial charge in [0.25, 0.3) is 5.56 Å². The lowest BCUT2D eigenvalue weighted by atomic mass is 10.2. The van der Waals surface area contributed by atoms with Crippen molar-refractivity contribution in [1.82, 2.24) is 9.97 Å². The zero-order valence-corrected chi connectivity index (χ0v) is 10.6. The second-order valence-electron chi connectivity index (χ2n) is 4.32. The number of fused-ring (bicyclic) bond motifs is 1. The molecule has 0 fully saturated rings. The van der Waals surface area contributed by atoms with Gasteiger partial charge in [0.1, 0.15) is 5.82 Å². The van der Waals surface area contributed by atoms with Crippen molar-refractivity contribution in [2.45, 2.75) is 0 Å². The molecule has 1 aromatic heterocycles. The summed E-state index contributed by atoms with van der Waals surface area (Å²) in [6.07, 6.45) is 0. The Kier molecular flexibility index (Phi) is 3.02. The summed E-state index contributed by atoms with van der Waals surface area (Å²) in [5, 5.41) is 0.280. The normalized spacial score (nSPS) is 10.8. The van der Waals surface area contributed by atoms with Gasteiger partial charge in [0.15, 0.2) is 11.6 Å². The molecule has 0 aliphatic rings. The SMILES string of the molecule is Nc1ccc2nc(Oc3cc(F)ccc3F)[nH]c(=O)c2c1. The summed E-state index contributed by atoms with van der Waals surface area (Å²) in [4.78, 5) is 18.3. The first kappa shape index (κ1) is 13.0. The lowest BCUT2D eigenvalue weighted by Gasteiger charge is -2.06. The summed E-state index contributed by atoms with van der Waals surface area (Å²) in [5.74, 6) is -1.80. The highest BCUT2D eigenvalue weighted by atomic mass is 19.1. The molecule has 0 saturated heterocycles. The van der Waals surface area contributed by atoms with E-state index in [2.05, 4.69) is 9.97 Å². The summed E-state index contributed by atoms with van der Waals surface area (Å²) in [7, 11) is 0. The Morgan fingerprint density at radius 1 is 1.14 bits per heavy atom. The Morgan fingerprint density at radius 2 is 1.95 bits per heavy atom. The van der Waals surface area contributed by atoms with E-state index in [-0.39, 0.29) is 17.1 Å². The molecule has 0 amide bonds. The summed E-state index contributed by atoms with van der Waals surface area (Å²) in [6, 6.07) is 7.08. The van der Waals surface area contributed by atoms with Crippen LogP contribution in [0.2, 0.25) is 0 Å². The van der Waals surface area contributed by atoms with Crippen molar-refractivity contribution in [3.05, 3.63) is 58.4 Å². The third-order valence-electron chi connectivity index (χ3n) is 2.81. The largest absolute Gasteiger partial charge is 0.422 e. The third kappa shape index (κ3) is 2.53. The van der Waals surface area contributed by atoms with Gasteiger partial charge in [0.05, 0.1) is 10.9 Å². The second-order valence-corrected chi connectivity index (χ2v) is 4.32. The fourth-order valence-electron chi connectivity index (χ4n) is 1.84. The van der Waals surface area contributed by atoms with E-state index in [9.17, 15) is 13.6 Å². The molecular formula is C14H9F2N3O2. The Balaban J connectivity index is 2.07. The van der Waals surface area contributed by atoms with Crippen molar-refractivity contribution in [3.8, 4) is 11.8 Å². The molecule has 0 saturated carbocycles. The van der Waals surface area contributed by atoms with E-state index in [0.717, 1.165) is 18.2 Å². The van der Waals surface area contributed by atoms with Gasteiger partial charge in [-0.05, 0) is 30.3 Å². The van der Waals surface area contributed by atoms with Crippen LogP contribution in [0.1, 0.15) is 0 Å². The number of H-pyrrole nitrogens is 1. The number of anilines is 1. The number of nitrogens with two attached hydrogens (primary N) is 1. The maximum absolute atomic E-state index is 13.5.